The molecule has 2 aliphatic rings. The van der Waals surface area contributed by atoms with Crippen LogP contribution < -0.4 is 11.1 Å². The van der Waals surface area contributed by atoms with Crippen molar-refractivity contribution in [3.05, 3.63) is 0 Å². The van der Waals surface area contributed by atoms with Gasteiger partial charge in [-0.1, -0.05) is 0 Å². The molecule has 0 saturated heterocycles. The van der Waals surface area contributed by atoms with Crippen molar-refractivity contribution < 1.29 is 4.79 Å². The van der Waals surface area contributed by atoms with E-state index in [1.165, 1.54) is 0 Å². The van der Waals surface area contributed by atoms with Gasteiger partial charge in [-0.2, -0.15) is 0 Å². The Morgan fingerprint density at radius 2 is 2.25 bits per heavy atom. The molecule has 12 heavy (non-hydrogen) atoms. The van der Waals surface area contributed by atoms with E-state index in [1.54, 1.807) is 0 Å². The van der Waals surface area contributed by atoms with Gasteiger partial charge in [-0.25, -0.2) is 0 Å². The first-order chi connectivity index (χ1) is 5.68. The highest BCUT2D eigenvalue weighted by molar-refractivity contribution is 5.82. The van der Waals surface area contributed by atoms with Gasteiger partial charge in [-0.3, -0.25) is 4.79 Å². The fourth-order valence-corrected chi connectivity index (χ4v) is 2.45. The van der Waals surface area contributed by atoms with Crippen molar-refractivity contribution in [2.24, 2.45) is 17.1 Å². The van der Waals surface area contributed by atoms with Gasteiger partial charge in [-0.15, -0.1) is 0 Å². The average Bonchev–Trinajstić information content (AvgIpc) is 2.63. The van der Waals surface area contributed by atoms with Crippen molar-refractivity contribution in [1.29, 1.82) is 0 Å². The second-order valence-corrected chi connectivity index (χ2v) is 4.18. The van der Waals surface area contributed by atoms with Gasteiger partial charge in [0.05, 0.1) is 0 Å². The first-order valence-corrected chi connectivity index (χ1v) is 4.71. The summed E-state index contributed by atoms with van der Waals surface area (Å²) in [5.74, 6) is 0.529. The molecule has 0 aromatic rings. The number of amides is 1. The largest absolute Gasteiger partial charge is 0.356 e. The Bertz CT molecular complexity index is 209. The van der Waals surface area contributed by atoms with Crippen molar-refractivity contribution in [2.75, 3.05) is 6.54 Å². The number of hydrogen-bond donors (Lipinski definition) is 2. The van der Waals surface area contributed by atoms with E-state index >= 15 is 0 Å². The monoisotopic (exact) mass is 168 g/mol. The van der Waals surface area contributed by atoms with Crippen LogP contribution in [0.5, 0.6) is 0 Å². The highest BCUT2D eigenvalue weighted by Gasteiger charge is 2.63. The standard InChI is InChI=1S/C9H16N2O/c1-2-11-8(12)7-5-9(7)3-6(10)4-9/h6-7H,2-5,10H2,1H3,(H,11,12). The summed E-state index contributed by atoms with van der Waals surface area (Å²) in [6.45, 7) is 2.71. The van der Waals surface area contributed by atoms with Crippen LogP contribution in [0, 0.1) is 11.3 Å². The molecule has 3 heteroatoms. The summed E-state index contributed by atoms with van der Waals surface area (Å²) in [5.41, 5.74) is 6.04. The molecule has 2 aliphatic carbocycles. The van der Waals surface area contributed by atoms with Crippen molar-refractivity contribution in [3.63, 3.8) is 0 Å². The number of carbonyl (C=O) groups is 1. The third-order valence-electron chi connectivity index (χ3n) is 3.19. The quantitative estimate of drug-likeness (QED) is 0.621. The maximum atomic E-state index is 11.4. The summed E-state index contributed by atoms with van der Waals surface area (Å²) in [4.78, 5) is 11.4. The smallest absolute Gasteiger partial charge is 0.223 e. The SMILES string of the molecule is CCNC(=O)C1CC12CC(N)C2. The third kappa shape index (κ3) is 1.04. The van der Waals surface area contributed by atoms with Crippen molar-refractivity contribution >= 4 is 5.91 Å². The van der Waals surface area contributed by atoms with Crippen LogP contribution in [0.3, 0.4) is 0 Å². The van der Waals surface area contributed by atoms with Crippen LogP contribution in [0.4, 0.5) is 0 Å². The minimum atomic E-state index is 0.240. The Hall–Kier alpha value is -0.570. The fourth-order valence-electron chi connectivity index (χ4n) is 2.45. The molecule has 2 saturated carbocycles. The highest BCUT2D eigenvalue weighted by atomic mass is 16.2. The molecule has 0 aliphatic heterocycles. The topological polar surface area (TPSA) is 55.1 Å². The lowest BCUT2D eigenvalue weighted by Crippen LogP contribution is -2.41. The lowest BCUT2D eigenvalue weighted by Gasteiger charge is -2.33. The summed E-state index contributed by atoms with van der Waals surface area (Å²) in [6.07, 6.45) is 3.20. The van der Waals surface area contributed by atoms with E-state index in [2.05, 4.69) is 5.32 Å². The molecule has 1 amide bonds. The van der Waals surface area contributed by atoms with E-state index in [4.69, 9.17) is 5.73 Å². The zero-order valence-corrected chi connectivity index (χ0v) is 7.47. The normalized spacial score (nSPS) is 43.8. The van der Waals surface area contributed by atoms with E-state index in [9.17, 15) is 4.79 Å². The highest BCUT2D eigenvalue weighted by Crippen LogP contribution is 2.64. The zero-order valence-electron chi connectivity index (χ0n) is 7.47. The number of hydrogen-bond acceptors (Lipinski definition) is 2. The number of carbonyl (C=O) groups excluding carboxylic acids is 1. The lowest BCUT2D eigenvalue weighted by atomic mass is 9.75. The van der Waals surface area contributed by atoms with Gasteiger partial charge >= 0.3 is 0 Å². The first-order valence-electron chi connectivity index (χ1n) is 4.71. The van der Waals surface area contributed by atoms with Crippen molar-refractivity contribution in [2.45, 2.75) is 32.2 Å². The minimum absolute atomic E-state index is 0.240. The van der Waals surface area contributed by atoms with E-state index in [-0.39, 0.29) is 11.8 Å². The van der Waals surface area contributed by atoms with Crippen LogP contribution in [0.25, 0.3) is 0 Å². The van der Waals surface area contributed by atoms with Gasteiger partial charge in [0.25, 0.3) is 0 Å². The molecule has 3 nitrogen and oxygen atoms in total. The molecular formula is C9H16N2O. The Morgan fingerprint density at radius 3 is 2.75 bits per heavy atom. The molecule has 1 unspecified atom stereocenters. The Labute approximate surface area is 72.7 Å². The zero-order chi connectivity index (χ0) is 8.77. The molecule has 0 aromatic carbocycles. The Kier molecular flexibility index (Phi) is 1.65. The molecule has 2 rings (SSSR count). The number of nitrogens with one attached hydrogen (secondary N) is 1. The molecular weight excluding hydrogens is 152 g/mol. The van der Waals surface area contributed by atoms with Crippen LogP contribution >= 0.6 is 0 Å². The summed E-state index contributed by atoms with van der Waals surface area (Å²) in [7, 11) is 0. The number of nitrogens with two attached hydrogens (primary N) is 1. The molecule has 2 fully saturated rings. The molecule has 0 heterocycles. The van der Waals surface area contributed by atoms with E-state index in [1.807, 2.05) is 6.92 Å². The number of rotatable bonds is 2. The van der Waals surface area contributed by atoms with Gasteiger partial charge in [0.1, 0.15) is 0 Å². The fraction of sp³-hybridized carbons (Fsp3) is 0.889. The second-order valence-electron chi connectivity index (χ2n) is 4.18. The summed E-state index contributed by atoms with van der Waals surface area (Å²) >= 11 is 0. The van der Waals surface area contributed by atoms with Gasteiger partial charge < -0.3 is 11.1 Å². The molecule has 0 radical (unpaired) electrons. The maximum absolute atomic E-state index is 11.4. The Morgan fingerprint density at radius 1 is 1.58 bits per heavy atom. The molecule has 1 spiro atoms. The van der Waals surface area contributed by atoms with Crippen molar-refractivity contribution in [3.8, 4) is 0 Å². The van der Waals surface area contributed by atoms with Crippen LogP contribution in [-0.2, 0) is 4.79 Å². The van der Waals surface area contributed by atoms with Crippen LogP contribution in [0.1, 0.15) is 26.2 Å². The van der Waals surface area contributed by atoms with Crippen LogP contribution in [-0.4, -0.2) is 18.5 Å². The molecule has 3 N–H and O–H groups in total. The van der Waals surface area contributed by atoms with Crippen molar-refractivity contribution in [1.82, 2.24) is 5.32 Å². The van der Waals surface area contributed by atoms with Gasteiger partial charge in [0.15, 0.2) is 0 Å². The predicted molar refractivity (Wildman–Crippen MR) is 46.4 cm³/mol. The third-order valence-corrected chi connectivity index (χ3v) is 3.19. The van der Waals surface area contributed by atoms with Gasteiger partial charge in [0, 0.05) is 18.5 Å². The van der Waals surface area contributed by atoms with Gasteiger partial charge in [0.2, 0.25) is 5.91 Å². The molecule has 0 aromatic heterocycles. The molecule has 68 valence electrons. The first kappa shape index (κ1) is 8.05. The lowest BCUT2D eigenvalue weighted by molar-refractivity contribution is -0.123. The molecule has 0 bridgehead atoms. The van der Waals surface area contributed by atoms with E-state index in [0.29, 0.717) is 11.5 Å². The van der Waals surface area contributed by atoms with E-state index < -0.39 is 0 Å². The maximum Gasteiger partial charge on any atom is 0.223 e. The summed E-state index contributed by atoms with van der Waals surface area (Å²) < 4.78 is 0. The summed E-state index contributed by atoms with van der Waals surface area (Å²) in [6, 6.07) is 0.365. The average molecular weight is 168 g/mol. The predicted octanol–water partition coefficient (Wildman–Crippen LogP) is 0.250. The minimum Gasteiger partial charge on any atom is -0.356 e. The van der Waals surface area contributed by atoms with E-state index in [0.717, 1.165) is 25.8 Å². The van der Waals surface area contributed by atoms with Crippen LogP contribution in [0.15, 0.2) is 0 Å². The Balaban J connectivity index is 1.84. The van der Waals surface area contributed by atoms with Crippen LogP contribution in [0.2, 0.25) is 0 Å². The molecule has 1 atom stereocenters. The van der Waals surface area contributed by atoms with Gasteiger partial charge in [-0.05, 0) is 31.6 Å². The second kappa shape index (κ2) is 2.46. The summed E-state index contributed by atoms with van der Waals surface area (Å²) in [5, 5.41) is 2.87.